The molecular weight excluding hydrogens is 329 g/mol. The monoisotopic (exact) mass is 341 g/mol. The van der Waals surface area contributed by atoms with Gasteiger partial charge >= 0.3 is 0 Å². The lowest BCUT2D eigenvalue weighted by molar-refractivity contribution is 0.544. The summed E-state index contributed by atoms with van der Waals surface area (Å²) in [6, 6.07) is 12.8. The molecule has 0 heterocycles. The molecule has 1 N–H and O–H groups in total. The standard InChI is InChI=1S/C15H14BrClFN/c1-10(13-4-2-3-5-14(13)17)19-9-11-6-7-12(16)8-15(11)18/h2-8,10,19H,9H2,1H3. The van der Waals surface area contributed by atoms with Crippen molar-refractivity contribution in [2.75, 3.05) is 0 Å². The van der Waals surface area contributed by atoms with Crippen LogP contribution in [-0.4, -0.2) is 0 Å². The number of hydrogen-bond acceptors (Lipinski definition) is 1. The summed E-state index contributed by atoms with van der Waals surface area (Å²) in [5.74, 6) is -0.215. The van der Waals surface area contributed by atoms with Gasteiger partial charge in [0.15, 0.2) is 0 Å². The van der Waals surface area contributed by atoms with Crippen LogP contribution in [0.3, 0.4) is 0 Å². The van der Waals surface area contributed by atoms with Crippen LogP contribution >= 0.6 is 27.5 Å². The summed E-state index contributed by atoms with van der Waals surface area (Å²) in [6.45, 7) is 2.48. The first-order valence-electron chi connectivity index (χ1n) is 5.99. The van der Waals surface area contributed by atoms with Crippen LogP contribution in [0.5, 0.6) is 0 Å². The summed E-state index contributed by atoms with van der Waals surface area (Å²) < 4.78 is 14.4. The Morgan fingerprint density at radius 2 is 2.00 bits per heavy atom. The van der Waals surface area contributed by atoms with E-state index >= 15 is 0 Å². The minimum absolute atomic E-state index is 0.0664. The van der Waals surface area contributed by atoms with Crippen molar-refractivity contribution in [3.8, 4) is 0 Å². The van der Waals surface area contributed by atoms with Crippen LogP contribution in [0.15, 0.2) is 46.9 Å². The Labute approximate surface area is 125 Å². The van der Waals surface area contributed by atoms with Gasteiger partial charge < -0.3 is 5.32 Å². The molecule has 1 unspecified atom stereocenters. The molecule has 2 aromatic carbocycles. The van der Waals surface area contributed by atoms with Crippen LogP contribution in [0.2, 0.25) is 5.02 Å². The average Bonchev–Trinajstić information content (AvgIpc) is 2.38. The van der Waals surface area contributed by atoms with Gasteiger partial charge in [0.2, 0.25) is 0 Å². The van der Waals surface area contributed by atoms with Crippen molar-refractivity contribution in [2.24, 2.45) is 0 Å². The Hall–Kier alpha value is -0.900. The summed E-state index contributed by atoms with van der Waals surface area (Å²) in [6.07, 6.45) is 0. The van der Waals surface area contributed by atoms with Gasteiger partial charge in [-0.05, 0) is 30.7 Å². The van der Waals surface area contributed by atoms with E-state index in [4.69, 9.17) is 11.6 Å². The van der Waals surface area contributed by atoms with Gasteiger partial charge in [-0.25, -0.2) is 4.39 Å². The highest BCUT2D eigenvalue weighted by molar-refractivity contribution is 9.10. The number of hydrogen-bond donors (Lipinski definition) is 1. The van der Waals surface area contributed by atoms with E-state index in [2.05, 4.69) is 21.2 Å². The molecule has 0 saturated carbocycles. The minimum atomic E-state index is -0.215. The van der Waals surface area contributed by atoms with Gasteiger partial charge in [0.05, 0.1) is 0 Å². The Bertz CT molecular complexity index is 574. The van der Waals surface area contributed by atoms with E-state index < -0.39 is 0 Å². The lowest BCUT2D eigenvalue weighted by atomic mass is 10.1. The molecule has 0 aliphatic carbocycles. The molecule has 0 aromatic heterocycles. The maximum absolute atomic E-state index is 13.7. The molecule has 0 aliphatic rings. The molecule has 2 aromatic rings. The highest BCUT2D eigenvalue weighted by Gasteiger charge is 2.09. The summed E-state index contributed by atoms with van der Waals surface area (Å²) in [5, 5.41) is 4.00. The van der Waals surface area contributed by atoms with Gasteiger partial charge in [0.1, 0.15) is 5.82 Å². The van der Waals surface area contributed by atoms with Crippen LogP contribution < -0.4 is 5.32 Å². The number of rotatable bonds is 4. The lowest BCUT2D eigenvalue weighted by Gasteiger charge is -2.16. The SMILES string of the molecule is CC(NCc1ccc(Br)cc1F)c1ccccc1Cl. The van der Waals surface area contributed by atoms with Gasteiger partial charge in [0, 0.05) is 27.6 Å². The Balaban J connectivity index is 2.04. The van der Waals surface area contributed by atoms with Gasteiger partial charge in [-0.15, -0.1) is 0 Å². The maximum Gasteiger partial charge on any atom is 0.128 e. The van der Waals surface area contributed by atoms with E-state index in [9.17, 15) is 4.39 Å². The van der Waals surface area contributed by atoms with Crippen LogP contribution in [0.1, 0.15) is 24.1 Å². The Kier molecular flexibility index (Phi) is 4.97. The topological polar surface area (TPSA) is 12.0 Å². The highest BCUT2D eigenvalue weighted by Crippen LogP contribution is 2.23. The molecule has 0 aliphatic heterocycles. The minimum Gasteiger partial charge on any atom is -0.306 e. The quantitative estimate of drug-likeness (QED) is 0.816. The average molecular weight is 343 g/mol. The number of benzene rings is 2. The van der Waals surface area contributed by atoms with Crippen molar-refractivity contribution in [1.29, 1.82) is 0 Å². The highest BCUT2D eigenvalue weighted by atomic mass is 79.9. The van der Waals surface area contributed by atoms with Crippen molar-refractivity contribution in [3.05, 3.63) is 68.9 Å². The maximum atomic E-state index is 13.7. The largest absolute Gasteiger partial charge is 0.306 e. The molecule has 1 atom stereocenters. The zero-order valence-electron chi connectivity index (χ0n) is 10.5. The molecule has 0 radical (unpaired) electrons. The summed E-state index contributed by atoms with van der Waals surface area (Å²) in [5.41, 5.74) is 1.66. The fraction of sp³-hybridized carbons (Fsp3) is 0.200. The zero-order chi connectivity index (χ0) is 13.8. The van der Waals surface area contributed by atoms with Gasteiger partial charge in [-0.3, -0.25) is 0 Å². The Morgan fingerprint density at radius 1 is 1.26 bits per heavy atom. The summed E-state index contributed by atoms with van der Waals surface area (Å²) in [4.78, 5) is 0. The summed E-state index contributed by atoms with van der Waals surface area (Å²) in [7, 11) is 0. The third kappa shape index (κ3) is 3.78. The first-order valence-corrected chi connectivity index (χ1v) is 7.17. The fourth-order valence-corrected chi connectivity index (χ4v) is 2.50. The third-order valence-corrected chi connectivity index (χ3v) is 3.82. The molecule has 100 valence electrons. The summed E-state index contributed by atoms with van der Waals surface area (Å²) >= 11 is 9.38. The van der Waals surface area contributed by atoms with Crippen molar-refractivity contribution in [2.45, 2.75) is 19.5 Å². The molecular formula is C15H14BrClFN. The van der Waals surface area contributed by atoms with Gasteiger partial charge in [-0.1, -0.05) is 51.8 Å². The molecule has 0 saturated heterocycles. The van der Waals surface area contributed by atoms with E-state index in [0.717, 1.165) is 15.1 Å². The molecule has 4 heteroatoms. The van der Waals surface area contributed by atoms with Crippen molar-refractivity contribution in [3.63, 3.8) is 0 Å². The molecule has 0 bridgehead atoms. The second-order valence-electron chi connectivity index (χ2n) is 4.36. The van der Waals surface area contributed by atoms with Crippen molar-refractivity contribution < 1.29 is 4.39 Å². The number of halogens is 3. The molecule has 2 rings (SSSR count). The first kappa shape index (κ1) is 14.5. The molecule has 0 fully saturated rings. The molecule has 0 amide bonds. The van der Waals surface area contributed by atoms with Crippen LogP contribution in [-0.2, 0) is 6.54 Å². The van der Waals surface area contributed by atoms with Crippen molar-refractivity contribution in [1.82, 2.24) is 5.32 Å². The molecule has 1 nitrogen and oxygen atoms in total. The third-order valence-electron chi connectivity index (χ3n) is 2.99. The lowest BCUT2D eigenvalue weighted by Crippen LogP contribution is -2.19. The Morgan fingerprint density at radius 3 is 2.68 bits per heavy atom. The van der Waals surface area contributed by atoms with Crippen LogP contribution in [0, 0.1) is 5.82 Å². The van der Waals surface area contributed by atoms with E-state index in [0.29, 0.717) is 12.1 Å². The number of nitrogens with one attached hydrogen (secondary N) is 1. The first-order chi connectivity index (χ1) is 9.08. The van der Waals surface area contributed by atoms with Gasteiger partial charge in [0.25, 0.3) is 0 Å². The van der Waals surface area contributed by atoms with Crippen LogP contribution in [0.25, 0.3) is 0 Å². The normalized spacial score (nSPS) is 12.4. The molecule has 0 spiro atoms. The zero-order valence-corrected chi connectivity index (χ0v) is 12.8. The predicted molar refractivity (Wildman–Crippen MR) is 80.8 cm³/mol. The second-order valence-corrected chi connectivity index (χ2v) is 5.68. The smallest absolute Gasteiger partial charge is 0.128 e. The van der Waals surface area contributed by atoms with Crippen LogP contribution in [0.4, 0.5) is 4.39 Å². The second kappa shape index (κ2) is 6.51. The van der Waals surface area contributed by atoms with E-state index in [-0.39, 0.29) is 11.9 Å². The fourth-order valence-electron chi connectivity index (χ4n) is 1.86. The van der Waals surface area contributed by atoms with Crippen molar-refractivity contribution >= 4 is 27.5 Å². The van der Waals surface area contributed by atoms with Gasteiger partial charge in [-0.2, -0.15) is 0 Å². The van der Waals surface area contributed by atoms with E-state index in [1.165, 1.54) is 6.07 Å². The predicted octanol–water partition coefficient (Wildman–Crippen LogP) is 5.09. The molecule has 19 heavy (non-hydrogen) atoms. The van der Waals surface area contributed by atoms with E-state index in [1.807, 2.05) is 37.3 Å². The van der Waals surface area contributed by atoms with E-state index in [1.54, 1.807) is 6.07 Å².